The monoisotopic (exact) mass is 414 g/mol. The second kappa shape index (κ2) is 8.84. The van der Waals surface area contributed by atoms with Gasteiger partial charge in [0.1, 0.15) is 5.75 Å². The Morgan fingerprint density at radius 1 is 1.24 bits per heavy atom. The predicted octanol–water partition coefficient (Wildman–Crippen LogP) is 2.69. The summed E-state index contributed by atoms with van der Waals surface area (Å²) in [5.74, 6) is -0.942. The molecule has 0 spiro atoms. The van der Waals surface area contributed by atoms with Gasteiger partial charge in [-0.05, 0) is 68.2 Å². The van der Waals surface area contributed by atoms with Gasteiger partial charge in [-0.25, -0.2) is 9.59 Å². The molecule has 138 valence electrons. The van der Waals surface area contributed by atoms with Crippen molar-refractivity contribution in [1.29, 1.82) is 0 Å². The summed E-state index contributed by atoms with van der Waals surface area (Å²) in [5.41, 5.74) is 0.556. The van der Waals surface area contributed by atoms with Gasteiger partial charge in [0.2, 0.25) is 0 Å². The van der Waals surface area contributed by atoms with E-state index in [-0.39, 0.29) is 6.61 Å². The van der Waals surface area contributed by atoms with E-state index in [9.17, 15) is 14.4 Å². The summed E-state index contributed by atoms with van der Waals surface area (Å²) in [4.78, 5) is 35.2. The molecule has 0 aliphatic carbocycles. The SMILES string of the molecule is Cc1ccc(OCC(=O)O[C@H](C)C(=O)NC(=O)NC(C)(C)C)c(Br)c1. The maximum atomic E-state index is 11.8. The Morgan fingerprint density at radius 2 is 1.88 bits per heavy atom. The van der Waals surface area contributed by atoms with E-state index < -0.39 is 29.6 Å². The number of hydrogen-bond acceptors (Lipinski definition) is 5. The van der Waals surface area contributed by atoms with E-state index in [2.05, 4.69) is 26.6 Å². The Labute approximate surface area is 155 Å². The number of benzene rings is 1. The molecular weight excluding hydrogens is 392 g/mol. The molecule has 0 radical (unpaired) electrons. The van der Waals surface area contributed by atoms with E-state index in [0.29, 0.717) is 10.2 Å². The number of carbonyl (C=O) groups excluding carboxylic acids is 3. The minimum absolute atomic E-state index is 0.354. The summed E-state index contributed by atoms with van der Waals surface area (Å²) in [6.45, 7) is 8.29. The highest BCUT2D eigenvalue weighted by Crippen LogP contribution is 2.25. The minimum Gasteiger partial charge on any atom is -0.481 e. The molecule has 1 atom stereocenters. The molecule has 0 aliphatic heterocycles. The molecule has 8 heteroatoms. The van der Waals surface area contributed by atoms with Crippen LogP contribution in [0.3, 0.4) is 0 Å². The standard InChI is InChI=1S/C17H23BrN2O5/c1-10-6-7-13(12(18)8-10)24-9-14(21)25-11(2)15(22)19-16(23)20-17(3,4)5/h6-8,11H,9H2,1-5H3,(H2,19,20,22,23)/t11-/m1/s1. The summed E-state index contributed by atoms with van der Waals surface area (Å²) in [5, 5.41) is 4.69. The van der Waals surface area contributed by atoms with Crippen LogP contribution >= 0.6 is 15.9 Å². The van der Waals surface area contributed by atoms with Crippen LogP contribution < -0.4 is 15.4 Å². The van der Waals surface area contributed by atoms with Crippen molar-refractivity contribution in [2.45, 2.75) is 46.3 Å². The Hall–Kier alpha value is -2.09. The molecule has 0 aliphatic rings. The normalized spacial score (nSPS) is 12.1. The molecule has 2 N–H and O–H groups in total. The lowest BCUT2D eigenvalue weighted by atomic mass is 10.1. The summed E-state index contributed by atoms with van der Waals surface area (Å²) in [6, 6.07) is 4.76. The third-order valence-corrected chi connectivity index (χ3v) is 3.46. The van der Waals surface area contributed by atoms with Crippen molar-refractivity contribution in [2.75, 3.05) is 6.61 Å². The van der Waals surface area contributed by atoms with E-state index in [1.807, 2.05) is 19.1 Å². The van der Waals surface area contributed by atoms with Gasteiger partial charge < -0.3 is 14.8 Å². The zero-order valence-electron chi connectivity index (χ0n) is 14.9. The van der Waals surface area contributed by atoms with Crippen LogP contribution in [0.25, 0.3) is 0 Å². The number of halogens is 1. The average molecular weight is 415 g/mol. The number of nitrogens with one attached hydrogen (secondary N) is 2. The Balaban J connectivity index is 2.45. The zero-order chi connectivity index (χ0) is 19.2. The van der Waals surface area contributed by atoms with Gasteiger partial charge in [0.25, 0.3) is 5.91 Å². The van der Waals surface area contributed by atoms with E-state index in [4.69, 9.17) is 9.47 Å². The van der Waals surface area contributed by atoms with Gasteiger partial charge >= 0.3 is 12.0 Å². The van der Waals surface area contributed by atoms with Crippen LogP contribution in [0, 0.1) is 6.92 Å². The molecule has 0 saturated carbocycles. The number of hydrogen-bond donors (Lipinski definition) is 2. The van der Waals surface area contributed by atoms with E-state index in [1.165, 1.54) is 6.92 Å². The molecule has 0 aromatic heterocycles. The van der Waals surface area contributed by atoms with Crippen LogP contribution in [-0.2, 0) is 14.3 Å². The first-order valence-corrected chi connectivity index (χ1v) is 8.48. The first kappa shape index (κ1) is 21.0. The number of esters is 1. The predicted molar refractivity (Wildman–Crippen MR) is 96.4 cm³/mol. The van der Waals surface area contributed by atoms with Crippen LogP contribution in [0.2, 0.25) is 0 Å². The second-order valence-electron chi connectivity index (χ2n) is 6.55. The molecule has 0 heterocycles. The fraction of sp³-hybridized carbons (Fsp3) is 0.471. The third-order valence-electron chi connectivity index (χ3n) is 2.84. The lowest BCUT2D eigenvalue weighted by molar-refractivity contribution is -0.156. The van der Waals surface area contributed by atoms with Crippen LogP contribution in [-0.4, -0.2) is 36.2 Å². The van der Waals surface area contributed by atoms with E-state index >= 15 is 0 Å². The molecule has 7 nitrogen and oxygen atoms in total. The molecule has 1 rings (SSSR count). The first-order chi connectivity index (χ1) is 11.5. The maximum Gasteiger partial charge on any atom is 0.344 e. The molecular formula is C17H23BrN2O5. The van der Waals surface area contributed by atoms with Crippen molar-refractivity contribution in [3.63, 3.8) is 0 Å². The Morgan fingerprint density at radius 3 is 2.44 bits per heavy atom. The fourth-order valence-corrected chi connectivity index (χ4v) is 2.34. The largest absolute Gasteiger partial charge is 0.481 e. The van der Waals surface area contributed by atoms with Crippen molar-refractivity contribution in [1.82, 2.24) is 10.6 Å². The van der Waals surface area contributed by atoms with Gasteiger partial charge in [0, 0.05) is 5.54 Å². The number of rotatable bonds is 5. The van der Waals surface area contributed by atoms with Gasteiger partial charge in [-0.3, -0.25) is 10.1 Å². The fourth-order valence-electron chi connectivity index (χ4n) is 1.73. The highest BCUT2D eigenvalue weighted by Gasteiger charge is 2.22. The lowest BCUT2D eigenvalue weighted by Gasteiger charge is -2.21. The van der Waals surface area contributed by atoms with Gasteiger partial charge in [0.05, 0.1) is 4.47 Å². The quantitative estimate of drug-likeness (QED) is 0.722. The molecule has 0 bridgehead atoms. The third kappa shape index (κ3) is 8.02. The van der Waals surface area contributed by atoms with Crippen LogP contribution in [0.5, 0.6) is 5.75 Å². The van der Waals surface area contributed by atoms with E-state index in [0.717, 1.165) is 5.56 Å². The van der Waals surface area contributed by atoms with Gasteiger partial charge in [0.15, 0.2) is 12.7 Å². The average Bonchev–Trinajstić information content (AvgIpc) is 2.44. The molecule has 25 heavy (non-hydrogen) atoms. The zero-order valence-corrected chi connectivity index (χ0v) is 16.5. The molecule has 0 saturated heterocycles. The van der Waals surface area contributed by atoms with Gasteiger partial charge in [-0.2, -0.15) is 0 Å². The van der Waals surface area contributed by atoms with Crippen LogP contribution in [0.4, 0.5) is 4.79 Å². The summed E-state index contributed by atoms with van der Waals surface area (Å²) < 4.78 is 11.0. The molecule has 0 unspecified atom stereocenters. The van der Waals surface area contributed by atoms with Crippen molar-refractivity contribution in [2.24, 2.45) is 0 Å². The number of urea groups is 1. The summed E-state index contributed by atoms with van der Waals surface area (Å²) in [6.07, 6.45) is -1.12. The van der Waals surface area contributed by atoms with Crippen LogP contribution in [0.1, 0.15) is 33.3 Å². The van der Waals surface area contributed by atoms with E-state index in [1.54, 1.807) is 26.8 Å². The highest BCUT2D eigenvalue weighted by atomic mass is 79.9. The minimum atomic E-state index is -1.12. The Kier molecular flexibility index (Phi) is 7.41. The summed E-state index contributed by atoms with van der Waals surface area (Å²) in [7, 11) is 0. The van der Waals surface area contributed by atoms with Crippen molar-refractivity contribution >= 4 is 33.8 Å². The van der Waals surface area contributed by atoms with Gasteiger partial charge in [-0.15, -0.1) is 0 Å². The second-order valence-corrected chi connectivity index (χ2v) is 7.40. The molecule has 1 aromatic rings. The summed E-state index contributed by atoms with van der Waals surface area (Å²) >= 11 is 3.34. The van der Waals surface area contributed by atoms with Crippen LogP contribution in [0.15, 0.2) is 22.7 Å². The highest BCUT2D eigenvalue weighted by molar-refractivity contribution is 9.10. The molecule has 3 amide bonds. The van der Waals surface area contributed by atoms with Crippen molar-refractivity contribution in [3.8, 4) is 5.75 Å². The van der Waals surface area contributed by atoms with Crippen molar-refractivity contribution in [3.05, 3.63) is 28.2 Å². The molecule has 0 fully saturated rings. The number of imide groups is 1. The van der Waals surface area contributed by atoms with Gasteiger partial charge in [-0.1, -0.05) is 6.07 Å². The maximum absolute atomic E-state index is 11.8. The Bertz CT molecular complexity index is 655. The number of aryl methyl sites for hydroxylation is 1. The molecule has 1 aromatic carbocycles. The number of ether oxygens (including phenoxy) is 2. The smallest absolute Gasteiger partial charge is 0.344 e. The lowest BCUT2D eigenvalue weighted by Crippen LogP contribution is -2.50. The number of amides is 3. The first-order valence-electron chi connectivity index (χ1n) is 7.69. The topological polar surface area (TPSA) is 93.7 Å². The number of carbonyl (C=O) groups is 3. The van der Waals surface area contributed by atoms with Crippen molar-refractivity contribution < 1.29 is 23.9 Å².